The lowest BCUT2D eigenvalue weighted by Crippen LogP contribution is -1.95. The van der Waals surface area contributed by atoms with E-state index in [0.717, 1.165) is 0 Å². The van der Waals surface area contributed by atoms with Gasteiger partial charge in [-0.1, -0.05) is 0 Å². The second-order valence-corrected chi connectivity index (χ2v) is 5.40. The van der Waals surface area contributed by atoms with E-state index in [-0.39, 0.29) is 16.7 Å². The van der Waals surface area contributed by atoms with Crippen molar-refractivity contribution >= 4 is 29.3 Å². The zero-order chi connectivity index (χ0) is 21.8. The minimum Gasteiger partial charge on any atom is -0.478 e. The van der Waals surface area contributed by atoms with Crippen molar-refractivity contribution in [2.24, 2.45) is 0 Å². The van der Waals surface area contributed by atoms with Crippen LogP contribution in [0.3, 0.4) is 0 Å². The summed E-state index contributed by atoms with van der Waals surface area (Å²) in [5.41, 5.74) is 12.6. The molecule has 0 atom stereocenters. The number of carboxylic acids is 3. The van der Waals surface area contributed by atoms with E-state index < -0.39 is 17.9 Å². The zero-order valence-electron chi connectivity index (χ0n) is 15.1. The Hall–Kier alpha value is -4.40. The van der Waals surface area contributed by atoms with Crippen molar-refractivity contribution in [3.8, 4) is 0 Å². The third-order valence-electron chi connectivity index (χ3n) is 3.22. The fourth-order valence-corrected chi connectivity index (χ4v) is 1.74. The van der Waals surface area contributed by atoms with Crippen LogP contribution in [0.25, 0.3) is 0 Å². The van der Waals surface area contributed by atoms with Gasteiger partial charge in [0.05, 0.1) is 16.7 Å². The molecule has 3 aromatic rings. The van der Waals surface area contributed by atoms with Gasteiger partial charge < -0.3 is 26.8 Å². The van der Waals surface area contributed by atoms with Gasteiger partial charge >= 0.3 is 17.9 Å². The number of benzene rings is 2. The first-order valence-electron chi connectivity index (χ1n) is 8.01. The third-order valence-corrected chi connectivity index (χ3v) is 3.22. The lowest BCUT2D eigenvalue weighted by atomic mass is 10.2. The lowest BCUT2D eigenvalue weighted by Gasteiger charge is -1.93. The molecular formula is C20H19N3O6. The molecule has 1 aromatic heterocycles. The van der Waals surface area contributed by atoms with Gasteiger partial charge in [-0.3, -0.25) is 4.98 Å². The summed E-state index contributed by atoms with van der Waals surface area (Å²) >= 11 is 0. The Kier molecular flexibility index (Phi) is 8.85. The van der Waals surface area contributed by atoms with Crippen LogP contribution in [0.5, 0.6) is 0 Å². The summed E-state index contributed by atoms with van der Waals surface area (Å²) in [4.78, 5) is 34.3. The van der Waals surface area contributed by atoms with E-state index in [9.17, 15) is 14.4 Å². The zero-order valence-corrected chi connectivity index (χ0v) is 15.1. The Labute approximate surface area is 165 Å². The van der Waals surface area contributed by atoms with Crippen LogP contribution in [0, 0.1) is 0 Å². The van der Waals surface area contributed by atoms with Crippen molar-refractivity contribution in [3.05, 3.63) is 89.7 Å². The largest absolute Gasteiger partial charge is 0.478 e. The van der Waals surface area contributed by atoms with Crippen molar-refractivity contribution in [2.45, 2.75) is 0 Å². The summed E-state index contributed by atoms with van der Waals surface area (Å²) in [6.07, 6.45) is 2.84. The number of carboxylic acid groups (broad SMARTS) is 3. The maximum absolute atomic E-state index is 10.3. The molecule has 0 unspecified atom stereocenters. The van der Waals surface area contributed by atoms with E-state index in [4.69, 9.17) is 26.8 Å². The fraction of sp³-hybridized carbons (Fsp3) is 0. The van der Waals surface area contributed by atoms with Crippen LogP contribution in [0.1, 0.15) is 31.1 Å². The van der Waals surface area contributed by atoms with Gasteiger partial charge in [0.25, 0.3) is 0 Å². The standard InChI is InChI=1S/2C7H7NO2.C6H5NO2/c2*8-6-3-1-5(2-4-6)7(9)10;8-6(9)5-2-1-3-7-4-5/h2*1-4H,8H2,(H,9,10);1-4H,(H,8,9). The molecule has 0 aliphatic heterocycles. The quantitative estimate of drug-likeness (QED) is 0.416. The van der Waals surface area contributed by atoms with Gasteiger partial charge in [-0.25, -0.2) is 14.4 Å². The maximum atomic E-state index is 10.3. The van der Waals surface area contributed by atoms with E-state index in [1.165, 1.54) is 42.7 Å². The number of carbonyl (C=O) groups is 3. The minimum absolute atomic E-state index is 0.220. The predicted octanol–water partition coefficient (Wildman–Crippen LogP) is 2.71. The van der Waals surface area contributed by atoms with Crippen molar-refractivity contribution in [2.75, 3.05) is 11.5 Å². The molecule has 1 heterocycles. The molecule has 29 heavy (non-hydrogen) atoms. The number of aromatic nitrogens is 1. The summed E-state index contributed by atoms with van der Waals surface area (Å²) in [6.45, 7) is 0. The molecular weight excluding hydrogens is 378 g/mol. The minimum atomic E-state index is -0.942. The number of rotatable bonds is 3. The van der Waals surface area contributed by atoms with E-state index >= 15 is 0 Å². The van der Waals surface area contributed by atoms with Crippen LogP contribution in [-0.2, 0) is 0 Å². The molecule has 0 spiro atoms. The van der Waals surface area contributed by atoms with Gasteiger partial charge in [-0.15, -0.1) is 0 Å². The van der Waals surface area contributed by atoms with E-state index in [2.05, 4.69) is 4.98 Å². The molecule has 0 saturated heterocycles. The molecule has 2 aromatic carbocycles. The topological polar surface area (TPSA) is 177 Å². The monoisotopic (exact) mass is 397 g/mol. The van der Waals surface area contributed by atoms with Gasteiger partial charge in [-0.05, 0) is 60.7 Å². The summed E-state index contributed by atoms with van der Waals surface area (Å²) in [5.74, 6) is -2.80. The second kappa shape index (κ2) is 11.3. The summed E-state index contributed by atoms with van der Waals surface area (Å²) < 4.78 is 0. The Morgan fingerprint density at radius 2 is 1.00 bits per heavy atom. The average molecular weight is 397 g/mol. The van der Waals surface area contributed by atoms with Gasteiger partial charge in [0.2, 0.25) is 0 Å². The molecule has 0 radical (unpaired) electrons. The number of pyridine rings is 1. The van der Waals surface area contributed by atoms with Crippen molar-refractivity contribution in [1.82, 2.24) is 4.98 Å². The Bertz CT molecular complexity index is 887. The lowest BCUT2D eigenvalue weighted by molar-refractivity contribution is 0.0685. The first-order valence-corrected chi connectivity index (χ1v) is 8.01. The summed E-state index contributed by atoms with van der Waals surface area (Å²) in [5, 5.41) is 25.2. The molecule has 0 amide bonds. The number of nitrogens with two attached hydrogens (primary N) is 2. The van der Waals surface area contributed by atoms with Crippen LogP contribution >= 0.6 is 0 Å². The molecule has 7 N–H and O–H groups in total. The van der Waals surface area contributed by atoms with Gasteiger partial charge in [-0.2, -0.15) is 0 Å². The van der Waals surface area contributed by atoms with E-state index in [1.54, 1.807) is 30.3 Å². The SMILES string of the molecule is Nc1ccc(C(=O)O)cc1.Nc1ccc(C(=O)O)cc1.O=C(O)c1cccnc1. The average Bonchev–Trinajstić information content (AvgIpc) is 2.70. The van der Waals surface area contributed by atoms with Gasteiger partial charge in [0.15, 0.2) is 0 Å². The normalized spacial score (nSPS) is 9.10. The van der Waals surface area contributed by atoms with Crippen LogP contribution in [0.2, 0.25) is 0 Å². The maximum Gasteiger partial charge on any atom is 0.337 e. The molecule has 0 aliphatic carbocycles. The fourth-order valence-electron chi connectivity index (χ4n) is 1.74. The molecule has 150 valence electrons. The molecule has 9 heteroatoms. The third kappa shape index (κ3) is 8.69. The molecule has 0 aliphatic rings. The van der Waals surface area contributed by atoms with Crippen molar-refractivity contribution < 1.29 is 29.7 Å². The van der Waals surface area contributed by atoms with Crippen LogP contribution in [-0.4, -0.2) is 38.2 Å². The number of nitrogens with zero attached hydrogens (tertiary/aromatic N) is 1. The molecule has 3 rings (SSSR count). The molecule has 0 bridgehead atoms. The van der Waals surface area contributed by atoms with Gasteiger partial charge in [0.1, 0.15) is 0 Å². The highest BCUT2D eigenvalue weighted by atomic mass is 16.4. The molecule has 0 saturated carbocycles. The highest BCUT2D eigenvalue weighted by Gasteiger charge is 2.00. The smallest absolute Gasteiger partial charge is 0.337 e. The number of hydrogen-bond acceptors (Lipinski definition) is 6. The molecule has 0 fully saturated rings. The van der Waals surface area contributed by atoms with Gasteiger partial charge in [0, 0.05) is 23.8 Å². The van der Waals surface area contributed by atoms with Crippen LogP contribution in [0.15, 0.2) is 73.1 Å². The Morgan fingerprint density at radius 3 is 1.24 bits per heavy atom. The van der Waals surface area contributed by atoms with Crippen LogP contribution in [0.4, 0.5) is 11.4 Å². The Balaban J connectivity index is 0.000000218. The predicted molar refractivity (Wildman–Crippen MR) is 107 cm³/mol. The highest BCUT2D eigenvalue weighted by Crippen LogP contribution is 2.05. The Morgan fingerprint density at radius 1 is 0.621 bits per heavy atom. The van der Waals surface area contributed by atoms with E-state index in [1.807, 2.05) is 0 Å². The number of hydrogen-bond donors (Lipinski definition) is 5. The van der Waals surface area contributed by atoms with Crippen molar-refractivity contribution in [1.29, 1.82) is 0 Å². The number of nitrogen functional groups attached to an aromatic ring is 2. The first-order chi connectivity index (χ1) is 13.7. The van der Waals surface area contributed by atoms with Crippen molar-refractivity contribution in [3.63, 3.8) is 0 Å². The second-order valence-electron chi connectivity index (χ2n) is 5.40. The summed E-state index contributed by atoms with van der Waals surface area (Å²) in [7, 11) is 0. The van der Waals surface area contributed by atoms with Crippen LogP contribution < -0.4 is 11.5 Å². The first kappa shape index (κ1) is 22.6. The number of aromatic carboxylic acids is 3. The molecule has 9 nitrogen and oxygen atoms in total. The summed E-state index contributed by atoms with van der Waals surface area (Å²) in [6, 6.07) is 15.2. The highest BCUT2D eigenvalue weighted by molar-refractivity contribution is 5.88. The number of anilines is 2. The van der Waals surface area contributed by atoms with E-state index in [0.29, 0.717) is 11.4 Å².